The molecule has 0 spiro atoms. The summed E-state index contributed by atoms with van der Waals surface area (Å²) in [5.41, 5.74) is 15.4. The molecular weight excluding hydrogens is 811 g/mol. The van der Waals surface area contributed by atoms with Crippen LogP contribution in [0.15, 0.2) is 237 Å². The van der Waals surface area contributed by atoms with Crippen LogP contribution in [0.3, 0.4) is 0 Å². The van der Waals surface area contributed by atoms with Gasteiger partial charge in [-0.05, 0) is 122 Å². The Morgan fingerprint density at radius 1 is 0.281 bits per heavy atom. The molecule has 3 heteroatoms. The maximum absolute atomic E-state index is 2.43. The van der Waals surface area contributed by atoms with Crippen molar-refractivity contribution in [1.82, 2.24) is 0 Å². The zero-order valence-electron chi connectivity index (χ0n) is 34.8. The topological polar surface area (TPSA) is 3.24 Å². The number of thiophene rings is 2. The Balaban J connectivity index is 0.954. The number of nitrogens with zero attached hydrogens (tertiary/aromatic N) is 1. The summed E-state index contributed by atoms with van der Waals surface area (Å²) in [6, 6.07) is 87.8. The monoisotopic (exact) mass is 849 g/mol. The van der Waals surface area contributed by atoms with Crippen LogP contribution in [0.1, 0.15) is 22.3 Å². The van der Waals surface area contributed by atoms with E-state index in [1.165, 1.54) is 96.0 Å². The average Bonchev–Trinajstić information content (AvgIpc) is 4.03. The molecule has 64 heavy (non-hydrogen) atoms. The Morgan fingerprint density at radius 2 is 0.750 bits per heavy atom. The van der Waals surface area contributed by atoms with E-state index in [9.17, 15) is 0 Å². The number of hydrogen-bond donors (Lipinski definition) is 0. The van der Waals surface area contributed by atoms with Gasteiger partial charge in [0.25, 0.3) is 0 Å². The van der Waals surface area contributed by atoms with Gasteiger partial charge in [-0.1, -0.05) is 170 Å². The van der Waals surface area contributed by atoms with E-state index in [0.29, 0.717) is 0 Å². The molecule has 0 saturated carbocycles. The summed E-state index contributed by atoms with van der Waals surface area (Å²) in [4.78, 5) is 2.42. The van der Waals surface area contributed by atoms with Crippen molar-refractivity contribution in [3.8, 4) is 33.4 Å². The molecule has 0 aliphatic heterocycles. The zero-order chi connectivity index (χ0) is 42.2. The van der Waals surface area contributed by atoms with Crippen LogP contribution in [0.25, 0.3) is 73.7 Å². The lowest BCUT2D eigenvalue weighted by Gasteiger charge is -2.34. The first-order chi connectivity index (χ1) is 31.7. The average molecular weight is 850 g/mol. The fourth-order valence-electron chi connectivity index (χ4n) is 10.4. The second-order valence-electron chi connectivity index (χ2n) is 16.8. The summed E-state index contributed by atoms with van der Waals surface area (Å²) in [6.07, 6.45) is 0. The van der Waals surface area contributed by atoms with Crippen molar-refractivity contribution in [1.29, 1.82) is 0 Å². The molecule has 2 aromatic heterocycles. The number of anilines is 3. The van der Waals surface area contributed by atoms with Gasteiger partial charge in [-0.15, -0.1) is 22.7 Å². The van der Waals surface area contributed by atoms with E-state index in [1.54, 1.807) is 0 Å². The number of hydrogen-bond acceptors (Lipinski definition) is 3. The third kappa shape index (κ3) is 5.75. The van der Waals surface area contributed by atoms with Crippen molar-refractivity contribution >= 4 is 80.1 Å². The first-order valence-electron chi connectivity index (χ1n) is 21.9. The number of benzene rings is 10. The van der Waals surface area contributed by atoms with Crippen LogP contribution in [-0.2, 0) is 5.41 Å². The van der Waals surface area contributed by atoms with Crippen molar-refractivity contribution in [2.75, 3.05) is 4.90 Å². The molecule has 0 fully saturated rings. The van der Waals surface area contributed by atoms with Crippen LogP contribution in [0.2, 0.25) is 0 Å². The normalized spacial score (nSPS) is 12.8. The molecule has 10 aromatic carbocycles. The predicted octanol–water partition coefficient (Wildman–Crippen LogP) is 17.6. The minimum atomic E-state index is -0.453. The lowest BCUT2D eigenvalue weighted by molar-refractivity contribution is 0.768. The first-order valence-corrected chi connectivity index (χ1v) is 23.5. The van der Waals surface area contributed by atoms with E-state index in [-0.39, 0.29) is 0 Å². The summed E-state index contributed by atoms with van der Waals surface area (Å²) < 4.78 is 5.29. The van der Waals surface area contributed by atoms with Crippen molar-refractivity contribution < 1.29 is 0 Å². The Hall–Kier alpha value is -7.56. The molecule has 13 rings (SSSR count). The largest absolute Gasteiger partial charge is 0.310 e. The van der Waals surface area contributed by atoms with Crippen LogP contribution in [0.4, 0.5) is 17.1 Å². The lowest BCUT2D eigenvalue weighted by atomic mass is 9.68. The van der Waals surface area contributed by atoms with Crippen LogP contribution < -0.4 is 4.90 Å². The molecule has 0 saturated heterocycles. The van der Waals surface area contributed by atoms with Crippen molar-refractivity contribution in [3.05, 3.63) is 259 Å². The van der Waals surface area contributed by atoms with E-state index in [0.717, 1.165) is 17.1 Å². The molecule has 0 bridgehead atoms. The lowest BCUT2D eigenvalue weighted by Crippen LogP contribution is -2.28. The Morgan fingerprint density at radius 3 is 1.42 bits per heavy atom. The van der Waals surface area contributed by atoms with Crippen LogP contribution >= 0.6 is 22.7 Å². The highest BCUT2D eigenvalue weighted by Crippen LogP contribution is 2.57. The predicted molar refractivity (Wildman–Crippen MR) is 275 cm³/mol. The highest BCUT2D eigenvalue weighted by atomic mass is 32.1. The van der Waals surface area contributed by atoms with Crippen LogP contribution in [0, 0.1) is 0 Å². The highest BCUT2D eigenvalue weighted by Gasteiger charge is 2.46. The molecule has 1 nitrogen and oxygen atoms in total. The van der Waals surface area contributed by atoms with Gasteiger partial charge in [-0.2, -0.15) is 0 Å². The van der Waals surface area contributed by atoms with E-state index < -0.39 is 5.41 Å². The summed E-state index contributed by atoms with van der Waals surface area (Å²) in [6.45, 7) is 0. The van der Waals surface area contributed by atoms with E-state index in [1.807, 2.05) is 22.7 Å². The molecule has 12 aromatic rings. The van der Waals surface area contributed by atoms with Gasteiger partial charge in [-0.3, -0.25) is 0 Å². The van der Waals surface area contributed by atoms with Gasteiger partial charge < -0.3 is 4.90 Å². The third-order valence-electron chi connectivity index (χ3n) is 13.4. The van der Waals surface area contributed by atoms with Gasteiger partial charge >= 0.3 is 0 Å². The second kappa shape index (κ2) is 14.8. The Bertz CT molecular complexity index is 3670. The summed E-state index contributed by atoms with van der Waals surface area (Å²) in [5, 5.41) is 5.28. The van der Waals surface area contributed by atoms with Crippen LogP contribution in [0.5, 0.6) is 0 Å². The Labute approximate surface area is 380 Å². The van der Waals surface area contributed by atoms with Gasteiger partial charge in [-0.25, -0.2) is 0 Å². The fourth-order valence-corrected chi connectivity index (χ4v) is 12.7. The highest BCUT2D eigenvalue weighted by molar-refractivity contribution is 7.26. The molecule has 0 N–H and O–H groups in total. The van der Waals surface area contributed by atoms with Gasteiger partial charge in [0.15, 0.2) is 0 Å². The smallest absolute Gasteiger partial charge is 0.0713 e. The standard InChI is InChI=1S/C61H39NS2/c1-3-13-44(14-4-1)61(45-15-5-2-6-16-45)55-20-10-7-17-49(55)53-39-48(33-35-56(53)61)62(46-29-23-40(24-30-46)42-28-36-59-54(37-42)51-19-9-12-22-58(51)63-59)47-31-25-41(26-32-47)43-27-34-52-50-18-8-11-21-57(50)64-60(52)38-43/h1-39H. The second-order valence-corrected chi connectivity index (χ2v) is 19.0. The van der Waals surface area contributed by atoms with Crippen molar-refractivity contribution in [3.63, 3.8) is 0 Å². The van der Waals surface area contributed by atoms with E-state index in [4.69, 9.17) is 0 Å². The van der Waals surface area contributed by atoms with Crippen molar-refractivity contribution in [2.24, 2.45) is 0 Å². The molecule has 300 valence electrons. The maximum atomic E-state index is 2.43. The molecule has 1 aliphatic carbocycles. The van der Waals surface area contributed by atoms with E-state index >= 15 is 0 Å². The maximum Gasteiger partial charge on any atom is 0.0713 e. The van der Waals surface area contributed by atoms with Gasteiger partial charge in [0.1, 0.15) is 0 Å². The molecular formula is C61H39NS2. The molecule has 0 radical (unpaired) electrons. The number of rotatable bonds is 7. The molecule has 2 heterocycles. The SMILES string of the molecule is c1ccc(C2(c3ccccc3)c3ccccc3-c3cc(N(c4ccc(-c5ccc6c(c5)sc5ccccc56)cc4)c4ccc(-c5ccc6sc7ccccc7c6c5)cc4)ccc32)cc1. The summed E-state index contributed by atoms with van der Waals surface area (Å²) >= 11 is 3.73. The van der Waals surface area contributed by atoms with Gasteiger partial charge in [0.05, 0.1) is 5.41 Å². The summed E-state index contributed by atoms with van der Waals surface area (Å²) in [7, 11) is 0. The molecule has 0 amide bonds. The van der Waals surface area contributed by atoms with Gasteiger partial charge in [0.2, 0.25) is 0 Å². The van der Waals surface area contributed by atoms with Crippen LogP contribution in [-0.4, -0.2) is 0 Å². The van der Waals surface area contributed by atoms with E-state index in [2.05, 4.69) is 241 Å². The van der Waals surface area contributed by atoms with Gasteiger partial charge in [0, 0.05) is 57.4 Å². The zero-order valence-corrected chi connectivity index (χ0v) is 36.4. The minimum absolute atomic E-state index is 0.453. The summed E-state index contributed by atoms with van der Waals surface area (Å²) in [5.74, 6) is 0. The fraction of sp³-hybridized carbons (Fsp3) is 0.0164. The quantitative estimate of drug-likeness (QED) is 0.154. The first kappa shape index (κ1) is 37.0. The molecule has 1 aliphatic rings. The Kier molecular flexibility index (Phi) is 8.55. The molecule has 0 unspecified atom stereocenters. The van der Waals surface area contributed by atoms with Crippen molar-refractivity contribution in [2.45, 2.75) is 5.41 Å². The minimum Gasteiger partial charge on any atom is -0.310 e. The number of fused-ring (bicyclic) bond motifs is 9. The third-order valence-corrected chi connectivity index (χ3v) is 15.7. The molecule has 0 atom stereocenters.